The first-order valence-corrected chi connectivity index (χ1v) is 9.39. The van der Waals surface area contributed by atoms with Gasteiger partial charge in [-0.2, -0.15) is 0 Å². The number of rotatable bonds is 5. The standard InChI is InChI=1S/C25H21BO2/c27-26(28)24-17-15-23(16-18-24)25(21-9-5-2-6-10-21)22-13-11-20(12-14-22)19-7-3-1-4-8-19/h1-18,25,27-28H. The average Bonchev–Trinajstić information content (AvgIpc) is 2.76. The van der Waals surface area contributed by atoms with Crippen LogP contribution in [0.25, 0.3) is 11.1 Å². The lowest BCUT2D eigenvalue weighted by atomic mass is 9.78. The summed E-state index contributed by atoms with van der Waals surface area (Å²) in [5, 5.41) is 18.8. The summed E-state index contributed by atoms with van der Waals surface area (Å²) in [5.74, 6) is 0.0795. The minimum atomic E-state index is -1.45. The van der Waals surface area contributed by atoms with Crippen molar-refractivity contribution in [3.8, 4) is 11.1 Å². The maximum absolute atomic E-state index is 9.38. The van der Waals surface area contributed by atoms with Crippen LogP contribution in [0.4, 0.5) is 0 Å². The molecule has 2 N–H and O–H groups in total. The predicted octanol–water partition coefficient (Wildman–Crippen LogP) is 4.21. The van der Waals surface area contributed by atoms with Crippen molar-refractivity contribution >= 4 is 12.6 Å². The van der Waals surface area contributed by atoms with E-state index in [0.29, 0.717) is 5.46 Å². The van der Waals surface area contributed by atoms with Crippen LogP contribution in [0.3, 0.4) is 0 Å². The lowest BCUT2D eigenvalue weighted by molar-refractivity contribution is 0.426. The molecule has 0 aliphatic heterocycles. The van der Waals surface area contributed by atoms with Gasteiger partial charge in [0.2, 0.25) is 0 Å². The first kappa shape index (κ1) is 18.2. The summed E-state index contributed by atoms with van der Waals surface area (Å²) in [5.41, 5.74) is 6.40. The van der Waals surface area contributed by atoms with Gasteiger partial charge in [-0.3, -0.25) is 0 Å². The van der Waals surface area contributed by atoms with E-state index in [1.807, 2.05) is 48.5 Å². The van der Waals surface area contributed by atoms with Crippen LogP contribution in [0.15, 0.2) is 109 Å². The molecule has 1 unspecified atom stereocenters. The molecule has 0 saturated carbocycles. The normalized spacial score (nSPS) is 11.8. The van der Waals surface area contributed by atoms with Crippen molar-refractivity contribution in [3.63, 3.8) is 0 Å². The Morgan fingerprint density at radius 2 is 0.893 bits per heavy atom. The van der Waals surface area contributed by atoms with E-state index in [-0.39, 0.29) is 5.92 Å². The van der Waals surface area contributed by atoms with Gasteiger partial charge < -0.3 is 10.0 Å². The maximum atomic E-state index is 9.38. The van der Waals surface area contributed by atoms with Gasteiger partial charge in [0, 0.05) is 5.92 Å². The van der Waals surface area contributed by atoms with Crippen molar-refractivity contribution in [2.75, 3.05) is 0 Å². The lowest BCUT2D eigenvalue weighted by Gasteiger charge is -2.20. The second-order valence-corrected chi connectivity index (χ2v) is 6.87. The average molecular weight is 364 g/mol. The molecule has 1 atom stereocenters. The summed E-state index contributed by atoms with van der Waals surface area (Å²) in [6, 6.07) is 36.9. The van der Waals surface area contributed by atoms with Gasteiger partial charge in [-0.15, -0.1) is 0 Å². The molecule has 0 bridgehead atoms. The van der Waals surface area contributed by atoms with E-state index in [1.165, 1.54) is 22.3 Å². The Hall–Kier alpha value is -3.14. The molecule has 4 rings (SSSR count). The molecule has 0 aliphatic carbocycles. The third-order valence-corrected chi connectivity index (χ3v) is 5.05. The molecule has 0 saturated heterocycles. The quantitative estimate of drug-likeness (QED) is 0.411. The summed E-state index contributed by atoms with van der Waals surface area (Å²) in [7, 11) is -1.45. The van der Waals surface area contributed by atoms with Crippen LogP contribution >= 0.6 is 0 Å². The van der Waals surface area contributed by atoms with Gasteiger partial charge >= 0.3 is 7.12 Å². The molecule has 0 spiro atoms. The summed E-state index contributed by atoms with van der Waals surface area (Å²) in [6.07, 6.45) is 0. The van der Waals surface area contributed by atoms with E-state index in [2.05, 4.69) is 48.5 Å². The van der Waals surface area contributed by atoms with Crippen molar-refractivity contribution in [1.29, 1.82) is 0 Å². The molecule has 0 fully saturated rings. The fraction of sp³-hybridized carbons (Fsp3) is 0.0400. The van der Waals surface area contributed by atoms with E-state index in [0.717, 1.165) is 5.56 Å². The van der Waals surface area contributed by atoms with E-state index < -0.39 is 7.12 Å². The molecule has 0 aliphatic rings. The summed E-state index contributed by atoms with van der Waals surface area (Å²) >= 11 is 0. The van der Waals surface area contributed by atoms with Crippen LogP contribution in [-0.4, -0.2) is 17.2 Å². The van der Waals surface area contributed by atoms with Crippen molar-refractivity contribution in [2.45, 2.75) is 5.92 Å². The molecular weight excluding hydrogens is 343 g/mol. The van der Waals surface area contributed by atoms with Gasteiger partial charge in [0.15, 0.2) is 0 Å². The second kappa shape index (κ2) is 8.26. The van der Waals surface area contributed by atoms with Gasteiger partial charge in [0.05, 0.1) is 0 Å². The molecule has 3 heteroatoms. The third kappa shape index (κ3) is 3.91. The first-order valence-electron chi connectivity index (χ1n) is 9.39. The van der Waals surface area contributed by atoms with Gasteiger partial charge in [-0.25, -0.2) is 0 Å². The van der Waals surface area contributed by atoms with Crippen LogP contribution in [0.5, 0.6) is 0 Å². The topological polar surface area (TPSA) is 40.5 Å². The van der Waals surface area contributed by atoms with E-state index >= 15 is 0 Å². The summed E-state index contributed by atoms with van der Waals surface area (Å²) in [6.45, 7) is 0. The molecule has 136 valence electrons. The molecular formula is C25H21BO2. The van der Waals surface area contributed by atoms with Crippen LogP contribution in [-0.2, 0) is 0 Å². The number of benzene rings is 4. The highest BCUT2D eigenvalue weighted by molar-refractivity contribution is 6.58. The summed E-state index contributed by atoms with van der Waals surface area (Å²) < 4.78 is 0. The highest BCUT2D eigenvalue weighted by Crippen LogP contribution is 2.32. The van der Waals surface area contributed by atoms with Gasteiger partial charge in [0.25, 0.3) is 0 Å². The fourth-order valence-corrected chi connectivity index (χ4v) is 3.58. The smallest absolute Gasteiger partial charge is 0.423 e. The Bertz CT molecular complexity index is 1010. The van der Waals surface area contributed by atoms with Crippen molar-refractivity contribution in [1.82, 2.24) is 0 Å². The highest BCUT2D eigenvalue weighted by atomic mass is 16.4. The molecule has 4 aromatic rings. The Morgan fingerprint density at radius 3 is 1.43 bits per heavy atom. The molecule has 0 aromatic heterocycles. The monoisotopic (exact) mass is 364 g/mol. The largest absolute Gasteiger partial charge is 0.488 e. The fourth-order valence-electron chi connectivity index (χ4n) is 3.58. The molecule has 4 aromatic carbocycles. The Morgan fingerprint density at radius 1 is 0.464 bits per heavy atom. The Labute approximate surface area is 165 Å². The van der Waals surface area contributed by atoms with Crippen LogP contribution in [0, 0.1) is 0 Å². The second-order valence-electron chi connectivity index (χ2n) is 6.87. The van der Waals surface area contributed by atoms with Crippen molar-refractivity contribution < 1.29 is 10.0 Å². The minimum Gasteiger partial charge on any atom is -0.423 e. The third-order valence-electron chi connectivity index (χ3n) is 5.05. The predicted molar refractivity (Wildman–Crippen MR) is 116 cm³/mol. The molecule has 28 heavy (non-hydrogen) atoms. The first-order chi connectivity index (χ1) is 13.7. The maximum Gasteiger partial charge on any atom is 0.488 e. The Kier molecular flexibility index (Phi) is 5.38. The van der Waals surface area contributed by atoms with Crippen LogP contribution in [0.1, 0.15) is 22.6 Å². The summed E-state index contributed by atoms with van der Waals surface area (Å²) in [4.78, 5) is 0. The van der Waals surface area contributed by atoms with Gasteiger partial charge in [-0.1, -0.05) is 109 Å². The van der Waals surface area contributed by atoms with E-state index in [4.69, 9.17) is 0 Å². The highest BCUT2D eigenvalue weighted by Gasteiger charge is 2.18. The molecule has 0 amide bonds. The molecule has 0 radical (unpaired) electrons. The number of hydrogen-bond donors (Lipinski definition) is 2. The van der Waals surface area contributed by atoms with E-state index in [1.54, 1.807) is 12.1 Å². The van der Waals surface area contributed by atoms with Crippen molar-refractivity contribution in [3.05, 3.63) is 126 Å². The zero-order valence-electron chi connectivity index (χ0n) is 15.4. The van der Waals surface area contributed by atoms with Gasteiger partial charge in [-0.05, 0) is 33.3 Å². The zero-order chi connectivity index (χ0) is 19.3. The van der Waals surface area contributed by atoms with Crippen LogP contribution in [0.2, 0.25) is 0 Å². The van der Waals surface area contributed by atoms with Crippen molar-refractivity contribution in [2.24, 2.45) is 0 Å². The minimum absolute atomic E-state index is 0.0795. The number of hydrogen-bond acceptors (Lipinski definition) is 2. The lowest BCUT2D eigenvalue weighted by Crippen LogP contribution is -2.29. The molecule has 2 nitrogen and oxygen atoms in total. The van der Waals surface area contributed by atoms with E-state index in [9.17, 15) is 10.0 Å². The Balaban J connectivity index is 1.74. The zero-order valence-corrected chi connectivity index (χ0v) is 15.4. The van der Waals surface area contributed by atoms with Crippen LogP contribution < -0.4 is 5.46 Å². The SMILES string of the molecule is OB(O)c1ccc(C(c2ccccc2)c2ccc(-c3ccccc3)cc2)cc1. The molecule has 0 heterocycles. The van der Waals surface area contributed by atoms with Gasteiger partial charge in [0.1, 0.15) is 0 Å².